The first-order valence-electron chi connectivity index (χ1n) is 10.1. The third kappa shape index (κ3) is 7.86. The van der Waals surface area contributed by atoms with Crippen LogP contribution in [0.5, 0.6) is 11.5 Å². The highest BCUT2D eigenvalue weighted by molar-refractivity contribution is 5.99. The van der Waals surface area contributed by atoms with Crippen molar-refractivity contribution < 1.29 is 19.1 Å². The molecule has 0 aliphatic heterocycles. The Bertz CT molecular complexity index is 770. The summed E-state index contributed by atoms with van der Waals surface area (Å²) in [5.41, 5.74) is 5.70. The first kappa shape index (κ1) is 22.3. The summed E-state index contributed by atoms with van der Waals surface area (Å²) in [6.07, 6.45) is 3.02. The van der Waals surface area contributed by atoms with Crippen molar-refractivity contribution in [3.63, 3.8) is 0 Å². The van der Waals surface area contributed by atoms with E-state index in [-0.39, 0.29) is 0 Å². The van der Waals surface area contributed by atoms with Gasteiger partial charge in [-0.25, -0.2) is 0 Å². The molecule has 0 saturated heterocycles. The van der Waals surface area contributed by atoms with Crippen molar-refractivity contribution in [2.45, 2.75) is 40.0 Å². The van der Waals surface area contributed by atoms with Gasteiger partial charge in [-0.15, -0.1) is 0 Å². The van der Waals surface area contributed by atoms with Crippen molar-refractivity contribution in [3.05, 3.63) is 59.7 Å². The topological polar surface area (TPSA) is 76.7 Å². The molecular formula is C23H30N2O4. The molecule has 0 aliphatic carbocycles. The molecule has 0 bridgehead atoms. The number of hydrogen-bond acceptors (Lipinski definition) is 4. The number of hydrazine groups is 1. The van der Waals surface area contributed by atoms with Gasteiger partial charge < -0.3 is 9.47 Å². The third-order valence-corrected chi connectivity index (χ3v) is 4.25. The molecule has 0 spiro atoms. The Morgan fingerprint density at radius 3 is 1.66 bits per heavy atom. The summed E-state index contributed by atoms with van der Waals surface area (Å²) >= 11 is 0. The van der Waals surface area contributed by atoms with Gasteiger partial charge in [0.15, 0.2) is 0 Å². The van der Waals surface area contributed by atoms with E-state index in [2.05, 4.69) is 31.6 Å². The summed E-state index contributed by atoms with van der Waals surface area (Å²) < 4.78 is 11.2. The number of benzene rings is 2. The van der Waals surface area contributed by atoms with E-state index in [4.69, 9.17) is 9.47 Å². The molecule has 2 aromatic carbocycles. The van der Waals surface area contributed by atoms with Gasteiger partial charge >= 0.3 is 0 Å². The van der Waals surface area contributed by atoms with Gasteiger partial charge in [0.1, 0.15) is 11.5 Å². The Labute approximate surface area is 172 Å². The van der Waals surface area contributed by atoms with E-state index in [1.165, 1.54) is 0 Å². The van der Waals surface area contributed by atoms with Crippen LogP contribution in [0.4, 0.5) is 0 Å². The predicted octanol–water partition coefficient (Wildman–Crippen LogP) is 4.37. The zero-order chi connectivity index (χ0) is 21.1. The van der Waals surface area contributed by atoms with E-state index < -0.39 is 11.8 Å². The molecule has 2 amide bonds. The maximum absolute atomic E-state index is 12.2. The Morgan fingerprint density at radius 1 is 0.793 bits per heavy atom. The summed E-state index contributed by atoms with van der Waals surface area (Å²) in [7, 11) is 0. The summed E-state index contributed by atoms with van der Waals surface area (Å²) in [5.74, 6) is 1.22. The van der Waals surface area contributed by atoms with E-state index >= 15 is 0 Å². The second-order valence-electron chi connectivity index (χ2n) is 7.19. The fourth-order valence-corrected chi connectivity index (χ4v) is 2.41. The third-order valence-electron chi connectivity index (χ3n) is 4.25. The van der Waals surface area contributed by atoms with Crippen LogP contribution < -0.4 is 20.3 Å². The molecule has 6 nitrogen and oxygen atoms in total. The smallest absolute Gasteiger partial charge is 0.269 e. The number of ether oxygens (including phenoxy) is 2. The highest BCUT2D eigenvalue weighted by Crippen LogP contribution is 2.14. The lowest BCUT2D eigenvalue weighted by atomic mass is 10.1. The van der Waals surface area contributed by atoms with Crippen LogP contribution in [0.3, 0.4) is 0 Å². The van der Waals surface area contributed by atoms with Crippen LogP contribution in [-0.4, -0.2) is 25.0 Å². The lowest BCUT2D eigenvalue weighted by Crippen LogP contribution is -2.41. The highest BCUT2D eigenvalue weighted by Gasteiger charge is 2.10. The minimum atomic E-state index is -0.397. The molecule has 0 atom stereocenters. The van der Waals surface area contributed by atoms with Crippen LogP contribution in [0, 0.1) is 5.92 Å². The van der Waals surface area contributed by atoms with Gasteiger partial charge in [-0.2, -0.15) is 0 Å². The lowest BCUT2D eigenvalue weighted by Gasteiger charge is -2.10. The average molecular weight is 399 g/mol. The van der Waals surface area contributed by atoms with Gasteiger partial charge in [0, 0.05) is 11.1 Å². The molecule has 0 unspecified atom stereocenters. The van der Waals surface area contributed by atoms with E-state index in [0.717, 1.165) is 25.0 Å². The molecule has 2 N–H and O–H groups in total. The Hall–Kier alpha value is -3.02. The molecule has 29 heavy (non-hydrogen) atoms. The van der Waals surface area contributed by atoms with Crippen molar-refractivity contribution in [3.8, 4) is 11.5 Å². The number of carbonyl (C=O) groups is 2. The first-order valence-corrected chi connectivity index (χ1v) is 10.1. The van der Waals surface area contributed by atoms with Crippen molar-refractivity contribution >= 4 is 11.8 Å². The van der Waals surface area contributed by atoms with Crippen molar-refractivity contribution in [1.29, 1.82) is 0 Å². The minimum Gasteiger partial charge on any atom is -0.494 e. The van der Waals surface area contributed by atoms with Crippen molar-refractivity contribution in [2.75, 3.05) is 13.2 Å². The standard InChI is InChI=1S/C23H30N2O4/c1-4-5-15-28-20-10-6-18(7-11-20)22(26)24-25-23(27)19-8-12-21(13-9-19)29-16-14-17(2)3/h6-13,17H,4-5,14-16H2,1-3H3,(H,24,26)(H,25,27). The quantitative estimate of drug-likeness (QED) is 0.460. The fourth-order valence-electron chi connectivity index (χ4n) is 2.41. The molecular weight excluding hydrogens is 368 g/mol. The molecule has 0 radical (unpaired) electrons. The number of unbranched alkanes of at least 4 members (excludes halogenated alkanes) is 1. The minimum absolute atomic E-state index is 0.396. The lowest BCUT2D eigenvalue weighted by molar-refractivity contribution is 0.0846. The van der Waals surface area contributed by atoms with Crippen LogP contribution in [0.1, 0.15) is 60.7 Å². The molecule has 156 valence electrons. The van der Waals surface area contributed by atoms with Gasteiger partial charge in [-0.05, 0) is 67.3 Å². The Morgan fingerprint density at radius 2 is 1.24 bits per heavy atom. The first-order chi connectivity index (χ1) is 14.0. The summed E-state index contributed by atoms with van der Waals surface area (Å²) in [6, 6.07) is 13.6. The maximum Gasteiger partial charge on any atom is 0.269 e. The monoisotopic (exact) mass is 398 g/mol. The van der Waals surface area contributed by atoms with Gasteiger partial charge in [-0.3, -0.25) is 20.4 Å². The second kappa shape index (κ2) is 11.7. The van der Waals surface area contributed by atoms with E-state index in [9.17, 15) is 9.59 Å². The zero-order valence-corrected chi connectivity index (χ0v) is 17.4. The number of nitrogens with one attached hydrogen (secondary N) is 2. The predicted molar refractivity (Wildman–Crippen MR) is 113 cm³/mol. The molecule has 0 heterocycles. The van der Waals surface area contributed by atoms with Gasteiger partial charge in [0.2, 0.25) is 0 Å². The van der Waals surface area contributed by atoms with Gasteiger partial charge in [0.05, 0.1) is 13.2 Å². The number of amides is 2. The molecule has 0 aromatic heterocycles. The van der Waals surface area contributed by atoms with Crippen molar-refractivity contribution in [1.82, 2.24) is 10.9 Å². The average Bonchev–Trinajstić information content (AvgIpc) is 2.72. The second-order valence-corrected chi connectivity index (χ2v) is 7.19. The molecule has 2 aromatic rings. The molecule has 0 saturated carbocycles. The number of carbonyl (C=O) groups excluding carboxylic acids is 2. The summed E-state index contributed by atoms with van der Waals surface area (Å²) in [6.45, 7) is 7.67. The van der Waals surface area contributed by atoms with E-state index in [0.29, 0.717) is 36.0 Å². The fraction of sp³-hybridized carbons (Fsp3) is 0.391. The summed E-state index contributed by atoms with van der Waals surface area (Å²) in [4.78, 5) is 24.4. The van der Waals surface area contributed by atoms with Crippen LogP contribution >= 0.6 is 0 Å². The number of rotatable bonds is 10. The number of hydrogen-bond donors (Lipinski definition) is 2. The van der Waals surface area contributed by atoms with Crippen LogP contribution in [-0.2, 0) is 0 Å². The van der Waals surface area contributed by atoms with Crippen molar-refractivity contribution in [2.24, 2.45) is 5.92 Å². The van der Waals surface area contributed by atoms with Gasteiger partial charge in [-0.1, -0.05) is 27.2 Å². The normalized spacial score (nSPS) is 10.5. The Kier molecular flexibility index (Phi) is 9.02. The van der Waals surface area contributed by atoms with Gasteiger partial charge in [0.25, 0.3) is 11.8 Å². The Balaban J connectivity index is 1.79. The van der Waals surface area contributed by atoms with Crippen LogP contribution in [0.2, 0.25) is 0 Å². The SMILES string of the molecule is CCCCOc1ccc(C(=O)NNC(=O)c2ccc(OCCC(C)C)cc2)cc1. The van der Waals surface area contributed by atoms with E-state index in [1.54, 1.807) is 48.5 Å². The summed E-state index contributed by atoms with van der Waals surface area (Å²) in [5, 5.41) is 0. The molecule has 2 rings (SSSR count). The van der Waals surface area contributed by atoms with E-state index in [1.807, 2.05) is 0 Å². The molecule has 0 aliphatic rings. The van der Waals surface area contributed by atoms with Crippen LogP contribution in [0.25, 0.3) is 0 Å². The molecule has 0 fully saturated rings. The zero-order valence-electron chi connectivity index (χ0n) is 17.4. The molecule has 6 heteroatoms. The largest absolute Gasteiger partial charge is 0.494 e. The highest BCUT2D eigenvalue weighted by atomic mass is 16.5. The maximum atomic E-state index is 12.2. The van der Waals surface area contributed by atoms with Crippen LogP contribution in [0.15, 0.2) is 48.5 Å².